The van der Waals surface area contributed by atoms with E-state index in [0.717, 1.165) is 30.2 Å². The fraction of sp³-hybridized carbons (Fsp3) is 0.700. The van der Waals surface area contributed by atoms with Crippen molar-refractivity contribution in [2.75, 3.05) is 6.61 Å². The summed E-state index contributed by atoms with van der Waals surface area (Å²) in [7, 11) is 0. The summed E-state index contributed by atoms with van der Waals surface area (Å²) < 4.78 is 5.50. The molecule has 0 aliphatic carbocycles. The Hall–Kier alpha value is -0.450. The molecule has 1 aliphatic rings. The molecule has 0 radical (unpaired) electrons. The summed E-state index contributed by atoms with van der Waals surface area (Å²) >= 11 is 1.68. The topological polar surface area (TPSA) is 48.1 Å². The number of hydrogen-bond acceptors (Lipinski definition) is 4. The molecule has 14 heavy (non-hydrogen) atoms. The van der Waals surface area contributed by atoms with E-state index < -0.39 is 0 Å². The number of aromatic nitrogens is 1. The van der Waals surface area contributed by atoms with Crippen LogP contribution in [0.15, 0.2) is 5.38 Å². The number of hydrogen-bond donors (Lipinski definition) is 1. The Balaban J connectivity index is 2.10. The molecule has 2 atom stereocenters. The fourth-order valence-corrected chi connectivity index (χ4v) is 2.47. The van der Waals surface area contributed by atoms with Crippen LogP contribution in [0.4, 0.5) is 0 Å². The molecule has 4 heteroatoms. The maximum atomic E-state index is 6.28. The lowest BCUT2D eigenvalue weighted by Crippen LogP contribution is -2.48. The average molecular weight is 212 g/mol. The van der Waals surface area contributed by atoms with Gasteiger partial charge in [-0.05, 0) is 20.3 Å². The molecule has 0 bridgehead atoms. The zero-order valence-electron chi connectivity index (χ0n) is 8.62. The predicted octanol–water partition coefficient (Wildman–Crippen LogP) is 1.50. The average Bonchev–Trinajstić information content (AvgIpc) is 2.62. The summed E-state index contributed by atoms with van der Waals surface area (Å²) in [6.45, 7) is 4.85. The summed E-state index contributed by atoms with van der Waals surface area (Å²) in [5.74, 6) is 0. The van der Waals surface area contributed by atoms with E-state index >= 15 is 0 Å². The first kappa shape index (κ1) is 10.1. The van der Waals surface area contributed by atoms with Gasteiger partial charge in [-0.2, -0.15) is 0 Å². The molecule has 0 spiro atoms. The number of ether oxygens (including phenoxy) is 1. The molecule has 1 saturated heterocycles. The van der Waals surface area contributed by atoms with Gasteiger partial charge in [0.1, 0.15) is 0 Å². The van der Waals surface area contributed by atoms with Crippen molar-refractivity contribution in [2.45, 2.75) is 38.3 Å². The van der Waals surface area contributed by atoms with Crippen LogP contribution >= 0.6 is 11.3 Å². The highest BCUT2D eigenvalue weighted by Crippen LogP contribution is 2.27. The molecule has 2 heterocycles. The lowest BCUT2D eigenvalue weighted by Gasteiger charge is -2.26. The van der Waals surface area contributed by atoms with Crippen LogP contribution in [0.25, 0.3) is 0 Å². The van der Waals surface area contributed by atoms with Crippen molar-refractivity contribution in [1.29, 1.82) is 0 Å². The molecule has 1 aliphatic heterocycles. The molecule has 1 aromatic rings. The van der Waals surface area contributed by atoms with Crippen LogP contribution in [0.2, 0.25) is 0 Å². The van der Waals surface area contributed by atoms with Crippen LogP contribution in [0.1, 0.15) is 24.0 Å². The quantitative estimate of drug-likeness (QED) is 0.808. The van der Waals surface area contributed by atoms with E-state index in [9.17, 15) is 0 Å². The lowest BCUT2D eigenvalue weighted by atomic mass is 9.88. The van der Waals surface area contributed by atoms with Crippen LogP contribution in [-0.4, -0.2) is 23.2 Å². The highest BCUT2D eigenvalue weighted by molar-refractivity contribution is 7.09. The van der Waals surface area contributed by atoms with Gasteiger partial charge in [-0.25, -0.2) is 4.98 Å². The van der Waals surface area contributed by atoms with Crippen LogP contribution in [-0.2, 0) is 11.2 Å². The van der Waals surface area contributed by atoms with Crippen LogP contribution in [0, 0.1) is 6.92 Å². The Morgan fingerprint density at radius 1 is 1.79 bits per heavy atom. The zero-order valence-corrected chi connectivity index (χ0v) is 9.43. The molecule has 2 N–H and O–H groups in total. The van der Waals surface area contributed by atoms with Gasteiger partial charge in [0, 0.05) is 23.9 Å². The smallest absolute Gasteiger partial charge is 0.0897 e. The molecule has 0 amide bonds. The van der Waals surface area contributed by atoms with Gasteiger partial charge in [0.25, 0.3) is 0 Å². The standard InChI is InChI=1S/C10H16N2OS/c1-7-10(11,3-4-13-7)5-9-6-14-8(2)12-9/h6-7H,3-5,11H2,1-2H3. The summed E-state index contributed by atoms with van der Waals surface area (Å²) in [4.78, 5) is 4.44. The van der Waals surface area contributed by atoms with Gasteiger partial charge in [0.2, 0.25) is 0 Å². The second kappa shape index (κ2) is 3.61. The van der Waals surface area contributed by atoms with E-state index in [1.807, 2.05) is 13.8 Å². The third-order valence-corrected chi connectivity index (χ3v) is 3.74. The van der Waals surface area contributed by atoms with Gasteiger partial charge in [-0.1, -0.05) is 0 Å². The first-order valence-electron chi connectivity index (χ1n) is 4.92. The van der Waals surface area contributed by atoms with Crippen LogP contribution < -0.4 is 5.73 Å². The second-order valence-electron chi connectivity index (χ2n) is 4.03. The number of nitrogens with zero attached hydrogens (tertiary/aromatic N) is 1. The molecule has 0 aromatic carbocycles. The maximum Gasteiger partial charge on any atom is 0.0897 e. The van der Waals surface area contributed by atoms with Gasteiger partial charge in [0.05, 0.1) is 16.8 Å². The highest BCUT2D eigenvalue weighted by atomic mass is 32.1. The molecule has 1 aromatic heterocycles. The van der Waals surface area contributed by atoms with Crippen molar-refractivity contribution in [2.24, 2.45) is 5.73 Å². The van der Waals surface area contributed by atoms with E-state index in [2.05, 4.69) is 10.4 Å². The number of rotatable bonds is 2. The number of aryl methyl sites for hydroxylation is 1. The zero-order chi connectivity index (χ0) is 10.2. The predicted molar refractivity (Wildman–Crippen MR) is 57.5 cm³/mol. The largest absolute Gasteiger partial charge is 0.377 e. The van der Waals surface area contributed by atoms with Crippen molar-refractivity contribution >= 4 is 11.3 Å². The SMILES string of the molecule is Cc1nc(CC2(N)CCOC2C)cs1. The summed E-state index contributed by atoms with van der Waals surface area (Å²) in [6, 6.07) is 0. The van der Waals surface area contributed by atoms with E-state index in [0.29, 0.717) is 0 Å². The van der Waals surface area contributed by atoms with Crippen molar-refractivity contribution < 1.29 is 4.74 Å². The Kier molecular flexibility index (Phi) is 2.60. The first-order chi connectivity index (χ1) is 6.60. The van der Waals surface area contributed by atoms with Crippen molar-refractivity contribution in [3.05, 3.63) is 16.1 Å². The molecular formula is C10H16N2OS. The molecule has 2 unspecified atom stereocenters. The fourth-order valence-electron chi connectivity index (χ4n) is 1.85. The summed E-state index contributed by atoms with van der Waals surface area (Å²) in [6.07, 6.45) is 1.91. The van der Waals surface area contributed by atoms with Crippen molar-refractivity contribution in [1.82, 2.24) is 4.98 Å². The Morgan fingerprint density at radius 2 is 2.57 bits per heavy atom. The summed E-state index contributed by atoms with van der Waals surface area (Å²) in [5, 5.41) is 3.20. The highest BCUT2D eigenvalue weighted by Gasteiger charge is 2.38. The van der Waals surface area contributed by atoms with Gasteiger partial charge in [0.15, 0.2) is 0 Å². The first-order valence-corrected chi connectivity index (χ1v) is 5.80. The van der Waals surface area contributed by atoms with Crippen molar-refractivity contribution in [3.63, 3.8) is 0 Å². The minimum Gasteiger partial charge on any atom is -0.377 e. The normalized spacial score (nSPS) is 32.4. The molecular weight excluding hydrogens is 196 g/mol. The van der Waals surface area contributed by atoms with Gasteiger partial charge < -0.3 is 10.5 Å². The number of nitrogens with two attached hydrogens (primary N) is 1. The van der Waals surface area contributed by atoms with E-state index in [1.54, 1.807) is 11.3 Å². The molecule has 3 nitrogen and oxygen atoms in total. The lowest BCUT2D eigenvalue weighted by molar-refractivity contribution is 0.0953. The van der Waals surface area contributed by atoms with Gasteiger partial charge >= 0.3 is 0 Å². The van der Waals surface area contributed by atoms with E-state index in [4.69, 9.17) is 10.5 Å². The minimum absolute atomic E-state index is 0.143. The third kappa shape index (κ3) is 1.82. The van der Waals surface area contributed by atoms with E-state index in [1.165, 1.54) is 0 Å². The number of thiazole rings is 1. The Bertz CT molecular complexity index is 326. The minimum atomic E-state index is -0.208. The monoisotopic (exact) mass is 212 g/mol. The molecule has 1 fully saturated rings. The van der Waals surface area contributed by atoms with Gasteiger partial charge in [-0.3, -0.25) is 0 Å². The maximum absolute atomic E-state index is 6.28. The van der Waals surface area contributed by atoms with Crippen molar-refractivity contribution in [3.8, 4) is 0 Å². The summed E-state index contributed by atoms with van der Waals surface area (Å²) in [5.41, 5.74) is 7.18. The Morgan fingerprint density at radius 3 is 3.07 bits per heavy atom. The van der Waals surface area contributed by atoms with Crippen LogP contribution in [0.3, 0.4) is 0 Å². The molecule has 0 saturated carbocycles. The van der Waals surface area contributed by atoms with E-state index in [-0.39, 0.29) is 11.6 Å². The van der Waals surface area contributed by atoms with Gasteiger partial charge in [-0.15, -0.1) is 11.3 Å². The molecule has 2 rings (SSSR count). The molecule has 78 valence electrons. The second-order valence-corrected chi connectivity index (χ2v) is 5.09. The third-order valence-electron chi connectivity index (χ3n) is 2.92. The van der Waals surface area contributed by atoms with Crippen LogP contribution in [0.5, 0.6) is 0 Å². The Labute approximate surface area is 88.3 Å².